The molecule has 12 heteroatoms. The monoisotopic (exact) mass is 482 g/mol. The van der Waals surface area contributed by atoms with Crippen molar-refractivity contribution in [2.75, 3.05) is 11.6 Å². The van der Waals surface area contributed by atoms with Gasteiger partial charge in [-0.25, -0.2) is 13.4 Å². The molecule has 174 valence electrons. The molecule has 0 radical (unpaired) electrons. The molecule has 0 spiro atoms. The maximum absolute atomic E-state index is 13.7. The number of nitrogens with zero attached hydrogens (tertiary/aromatic N) is 2. The first-order valence-electron chi connectivity index (χ1n) is 9.30. The second-order valence-corrected chi connectivity index (χ2v) is 9.40. The molecule has 0 aliphatic carbocycles. The predicted octanol–water partition coefficient (Wildman–Crippen LogP) is 5.33. The molecule has 0 saturated heterocycles. The molecule has 2 N–H and O–H groups in total. The molecule has 0 aliphatic rings. The third kappa shape index (κ3) is 5.64. The number of aryl methyl sites for hydroxylation is 1. The number of benzene rings is 2. The van der Waals surface area contributed by atoms with Gasteiger partial charge >= 0.3 is 6.18 Å². The zero-order valence-electron chi connectivity index (χ0n) is 17.6. The van der Waals surface area contributed by atoms with Crippen molar-refractivity contribution in [2.24, 2.45) is 0 Å². The van der Waals surface area contributed by atoms with Gasteiger partial charge in [0.1, 0.15) is 17.1 Å². The van der Waals surface area contributed by atoms with Crippen LogP contribution >= 0.6 is 0 Å². The third-order valence-corrected chi connectivity index (χ3v) is 5.61. The summed E-state index contributed by atoms with van der Waals surface area (Å²) in [6.45, 7) is 2.62. The summed E-state index contributed by atoms with van der Waals surface area (Å²) in [4.78, 5) is 13.1. The van der Waals surface area contributed by atoms with Crippen molar-refractivity contribution >= 4 is 21.3 Å². The van der Waals surface area contributed by atoms with Gasteiger partial charge < -0.3 is 10.1 Å². The van der Waals surface area contributed by atoms with Gasteiger partial charge in [0, 0.05) is 22.9 Å². The number of aromatic nitrogens is 2. The molecule has 7 nitrogen and oxygen atoms in total. The highest BCUT2D eigenvalue weighted by atomic mass is 32.2. The lowest BCUT2D eigenvalue weighted by atomic mass is 10.1. The Labute approximate surface area is 186 Å². The van der Waals surface area contributed by atoms with Gasteiger partial charge in [0.25, 0.3) is 11.8 Å². The molecule has 1 aromatic heterocycles. The van der Waals surface area contributed by atoms with Crippen LogP contribution in [-0.4, -0.2) is 26.6 Å². The van der Waals surface area contributed by atoms with Gasteiger partial charge in [-0.15, -0.1) is 10.2 Å². The fourth-order valence-electron chi connectivity index (χ4n) is 2.99. The first-order chi connectivity index (χ1) is 15.3. The van der Waals surface area contributed by atoms with Crippen molar-refractivity contribution in [3.8, 4) is 11.6 Å². The normalized spacial score (nSPS) is 13.3. The minimum Gasteiger partial charge on any atom is -0.437 e. The Morgan fingerprint density at radius 3 is 2.42 bits per heavy atom. The molecule has 33 heavy (non-hydrogen) atoms. The summed E-state index contributed by atoms with van der Waals surface area (Å²) in [5.41, 5.74) is -1.92. The Morgan fingerprint density at radius 1 is 1.12 bits per heavy atom. The molecule has 0 saturated carbocycles. The van der Waals surface area contributed by atoms with Crippen molar-refractivity contribution in [3.63, 3.8) is 0 Å². The largest absolute Gasteiger partial charge is 0.437 e. The van der Waals surface area contributed by atoms with Crippen LogP contribution in [0.5, 0.6) is 11.6 Å². The SMILES string of the molecule is Cc1cc(F)cc(Oc2nnc(C(F)(F)F)c(C)c2C(=O)Nc2cccc(S(C)(=N)=O)c2)c1. The lowest BCUT2D eigenvalue weighted by Crippen LogP contribution is -2.21. The molecule has 1 unspecified atom stereocenters. The van der Waals surface area contributed by atoms with Crippen LogP contribution < -0.4 is 10.1 Å². The van der Waals surface area contributed by atoms with E-state index in [4.69, 9.17) is 9.52 Å². The third-order valence-electron chi connectivity index (χ3n) is 4.45. The van der Waals surface area contributed by atoms with E-state index in [-0.39, 0.29) is 16.3 Å². The molecule has 2 aromatic carbocycles. The Balaban J connectivity index is 2.08. The maximum Gasteiger partial charge on any atom is 0.435 e. The van der Waals surface area contributed by atoms with Crippen LogP contribution in [0.4, 0.5) is 23.2 Å². The number of hydrogen-bond donors (Lipinski definition) is 2. The summed E-state index contributed by atoms with van der Waals surface area (Å²) in [6.07, 6.45) is -3.70. The van der Waals surface area contributed by atoms with Gasteiger partial charge in [-0.2, -0.15) is 13.2 Å². The van der Waals surface area contributed by atoms with E-state index in [0.29, 0.717) is 5.56 Å². The Morgan fingerprint density at radius 2 is 1.82 bits per heavy atom. The van der Waals surface area contributed by atoms with E-state index in [1.54, 1.807) is 6.92 Å². The first-order valence-corrected chi connectivity index (χ1v) is 11.3. The Kier molecular flexibility index (Phi) is 6.41. The second-order valence-electron chi connectivity index (χ2n) is 7.24. The molecular formula is C21H18F4N4O3S. The number of nitrogens with one attached hydrogen (secondary N) is 2. The zero-order valence-corrected chi connectivity index (χ0v) is 18.4. The fraction of sp³-hybridized carbons (Fsp3) is 0.190. The summed E-state index contributed by atoms with van der Waals surface area (Å²) in [6, 6.07) is 9.17. The van der Waals surface area contributed by atoms with Gasteiger partial charge in [0.15, 0.2) is 5.69 Å². The first kappa shape index (κ1) is 24.1. The summed E-state index contributed by atoms with van der Waals surface area (Å²) >= 11 is 0. The van der Waals surface area contributed by atoms with Crippen molar-refractivity contribution in [1.29, 1.82) is 4.78 Å². The molecule has 0 aliphatic heterocycles. The molecule has 3 rings (SSSR count). The number of ether oxygens (including phenoxy) is 1. The second kappa shape index (κ2) is 8.77. The van der Waals surface area contributed by atoms with Gasteiger partial charge in [0.2, 0.25) is 0 Å². The van der Waals surface area contributed by atoms with Gasteiger partial charge in [-0.05, 0) is 55.3 Å². The smallest absolute Gasteiger partial charge is 0.435 e. The molecule has 1 heterocycles. The van der Waals surface area contributed by atoms with E-state index in [1.165, 1.54) is 42.7 Å². The highest BCUT2D eigenvalue weighted by Crippen LogP contribution is 2.35. The predicted molar refractivity (Wildman–Crippen MR) is 112 cm³/mol. The number of carbonyl (C=O) groups excluding carboxylic acids is 1. The van der Waals surface area contributed by atoms with Gasteiger partial charge in [-0.1, -0.05) is 6.07 Å². The summed E-state index contributed by atoms with van der Waals surface area (Å²) in [5.74, 6) is -2.31. The molecule has 0 bridgehead atoms. The number of carbonyl (C=O) groups is 1. The number of rotatable bonds is 5. The van der Waals surface area contributed by atoms with E-state index < -0.39 is 50.3 Å². The summed E-state index contributed by atoms with van der Waals surface area (Å²) < 4.78 is 79.0. The van der Waals surface area contributed by atoms with E-state index in [9.17, 15) is 26.6 Å². The standard InChI is InChI=1S/C21H18F4N4O3S/c1-11-7-13(22)9-15(8-11)32-20-17(12(2)18(28-29-20)21(23,24)25)19(30)27-14-5-4-6-16(10-14)33(3,26)31/h4-10,26H,1-3H3,(H,27,30). The van der Waals surface area contributed by atoms with Gasteiger partial charge in [-0.3, -0.25) is 4.79 Å². The lowest BCUT2D eigenvalue weighted by molar-refractivity contribution is -0.142. The van der Waals surface area contributed by atoms with Crippen LogP contribution in [0.15, 0.2) is 47.4 Å². The van der Waals surface area contributed by atoms with Crippen LogP contribution in [0.1, 0.15) is 27.2 Å². The Hall–Kier alpha value is -3.54. The van der Waals surface area contributed by atoms with E-state index in [2.05, 4.69) is 15.5 Å². The van der Waals surface area contributed by atoms with E-state index in [0.717, 1.165) is 13.0 Å². The minimum absolute atomic E-state index is 0.0862. The fourth-order valence-corrected chi connectivity index (χ4v) is 3.68. The number of anilines is 1. The van der Waals surface area contributed by atoms with Crippen LogP contribution in [0.2, 0.25) is 0 Å². The summed E-state index contributed by atoms with van der Waals surface area (Å²) in [5, 5.41) is 8.98. The molecule has 1 atom stereocenters. The van der Waals surface area contributed by atoms with Crippen molar-refractivity contribution in [3.05, 3.63) is 70.7 Å². The summed E-state index contributed by atoms with van der Waals surface area (Å²) in [7, 11) is -3.10. The van der Waals surface area contributed by atoms with Crippen molar-refractivity contribution in [1.82, 2.24) is 10.2 Å². The topological polar surface area (TPSA) is 105 Å². The van der Waals surface area contributed by atoms with Crippen LogP contribution in [0.3, 0.4) is 0 Å². The molecule has 3 aromatic rings. The van der Waals surface area contributed by atoms with Crippen molar-refractivity contribution in [2.45, 2.75) is 24.9 Å². The number of alkyl halides is 3. The minimum atomic E-state index is -4.89. The van der Waals surface area contributed by atoms with Crippen LogP contribution in [0.25, 0.3) is 0 Å². The lowest BCUT2D eigenvalue weighted by Gasteiger charge is -2.16. The number of halogens is 4. The van der Waals surface area contributed by atoms with E-state index >= 15 is 0 Å². The Bertz CT molecular complexity index is 1320. The average molecular weight is 482 g/mol. The molecule has 1 amide bonds. The highest BCUT2D eigenvalue weighted by Gasteiger charge is 2.38. The molecule has 0 fully saturated rings. The number of hydrogen-bond acceptors (Lipinski definition) is 6. The highest BCUT2D eigenvalue weighted by molar-refractivity contribution is 7.91. The van der Waals surface area contributed by atoms with Crippen LogP contribution in [0, 0.1) is 24.4 Å². The maximum atomic E-state index is 13.7. The van der Waals surface area contributed by atoms with E-state index in [1.807, 2.05) is 0 Å². The number of amides is 1. The molecular weight excluding hydrogens is 464 g/mol. The van der Waals surface area contributed by atoms with Gasteiger partial charge in [0.05, 0.1) is 9.73 Å². The quantitative estimate of drug-likeness (QED) is 0.478. The van der Waals surface area contributed by atoms with Crippen molar-refractivity contribution < 1.29 is 31.3 Å². The van der Waals surface area contributed by atoms with Crippen LogP contribution in [-0.2, 0) is 15.9 Å². The average Bonchev–Trinajstić information content (AvgIpc) is 2.65. The zero-order chi connectivity index (χ0) is 24.6.